The number of hydrogen-bond donors (Lipinski definition) is 0. The topological polar surface area (TPSA) is 74.5 Å². The Morgan fingerprint density at radius 1 is 1.33 bits per heavy atom. The maximum Gasteiger partial charge on any atom is 0.252 e. The summed E-state index contributed by atoms with van der Waals surface area (Å²) in [5.41, 5.74) is 0.0696. The van der Waals surface area contributed by atoms with Crippen LogP contribution >= 0.6 is 15.9 Å². The lowest BCUT2D eigenvalue weighted by Gasteiger charge is -2.05. The number of halogens is 1. The van der Waals surface area contributed by atoms with Gasteiger partial charge in [-0.3, -0.25) is 4.79 Å². The van der Waals surface area contributed by atoms with E-state index >= 15 is 0 Å². The molecular formula is C11H9BrN2O4. The van der Waals surface area contributed by atoms with E-state index < -0.39 is 5.78 Å². The number of nitrogens with zero attached hydrogens (tertiary/aromatic N) is 2. The van der Waals surface area contributed by atoms with E-state index in [1.165, 1.54) is 26.5 Å². The van der Waals surface area contributed by atoms with Gasteiger partial charge in [-0.15, -0.1) is 0 Å². The third-order valence-electron chi connectivity index (χ3n) is 2.13. The molecule has 0 aliphatic carbocycles. The smallest absolute Gasteiger partial charge is 0.252 e. The van der Waals surface area contributed by atoms with Crippen LogP contribution in [0.1, 0.15) is 16.2 Å². The van der Waals surface area contributed by atoms with Gasteiger partial charge in [0.05, 0.1) is 20.4 Å². The Morgan fingerprint density at radius 2 is 2.11 bits per heavy atom. The molecule has 2 heterocycles. The molecular weight excluding hydrogens is 304 g/mol. The molecule has 2 aromatic rings. The van der Waals surface area contributed by atoms with Crippen molar-refractivity contribution < 1.29 is 18.7 Å². The van der Waals surface area contributed by atoms with Gasteiger partial charge in [0.1, 0.15) is 0 Å². The van der Waals surface area contributed by atoms with Crippen LogP contribution in [0.15, 0.2) is 27.4 Å². The van der Waals surface area contributed by atoms with Crippen LogP contribution in [0.4, 0.5) is 0 Å². The van der Waals surface area contributed by atoms with E-state index in [-0.39, 0.29) is 23.2 Å². The van der Waals surface area contributed by atoms with Crippen molar-refractivity contribution in [1.82, 2.24) is 9.97 Å². The van der Waals surface area contributed by atoms with Crippen molar-refractivity contribution in [3.63, 3.8) is 0 Å². The summed E-state index contributed by atoms with van der Waals surface area (Å²) in [6.07, 6.45) is 1.34. The molecule has 2 aromatic heterocycles. The van der Waals surface area contributed by atoms with E-state index in [4.69, 9.17) is 13.9 Å². The van der Waals surface area contributed by atoms with Crippen LogP contribution in [0.25, 0.3) is 0 Å². The summed E-state index contributed by atoms with van der Waals surface area (Å²) in [5.74, 6) is 0.100. The summed E-state index contributed by atoms with van der Waals surface area (Å²) < 4.78 is 15.5. The Kier molecular flexibility index (Phi) is 3.61. The van der Waals surface area contributed by atoms with Gasteiger partial charge in [-0.05, 0) is 28.1 Å². The van der Waals surface area contributed by atoms with Crippen LogP contribution in [-0.4, -0.2) is 30.0 Å². The number of ketones is 1. The first-order valence-electron chi connectivity index (χ1n) is 4.90. The molecule has 0 bridgehead atoms. The Morgan fingerprint density at radius 3 is 2.67 bits per heavy atom. The minimum atomic E-state index is -0.410. The number of aromatic nitrogens is 2. The predicted octanol–water partition coefficient (Wildman–Crippen LogP) is 2.08. The zero-order chi connectivity index (χ0) is 13.1. The minimum Gasteiger partial charge on any atom is -0.480 e. The number of ether oxygens (including phenoxy) is 2. The summed E-state index contributed by atoms with van der Waals surface area (Å²) >= 11 is 3.13. The zero-order valence-corrected chi connectivity index (χ0v) is 11.2. The van der Waals surface area contributed by atoms with E-state index in [0.717, 1.165) is 0 Å². The number of rotatable bonds is 4. The fourth-order valence-corrected chi connectivity index (χ4v) is 1.61. The molecule has 6 nitrogen and oxygen atoms in total. The average Bonchev–Trinajstić information content (AvgIpc) is 2.83. The van der Waals surface area contributed by atoms with Crippen LogP contribution < -0.4 is 9.47 Å². The lowest BCUT2D eigenvalue weighted by Crippen LogP contribution is -2.08. The highest BCUT2D eigenvalue weighted by Crippen LogP contribution is 2.22. The molecule has 0 atom stereocenters. The molecule has 0 radical (unpaired) electrons. The van der Waals surface area contributed by atoms with Crippen molar-refractivity contribution in [3.8, 4) is 11.8 Å². The Bertz CT molecular complexity index is 582. The number of carbonyl (C=O) groups excluding carboxylic acids is 1. The first-order chi connectivity index (χ1) is 8.65. The van der Waals surface area contributed by atoms with Crippen LogP contribution in [0.3, 0.4) is 0 Å². The largest absolute Gasteiger partial charge is 0.480 e. The van der Waals surface area contributed by atoms with Gasteiger partial charge >= 0.3 is 0 Å². The first-order valence-corrected chi connectivity index (χ1v) is 5.70. The predicted molar refractivity (Wildman–Crippen MR) is 65.0 cm³/mol. The van der Waals surface area contributed by atoms with E-state index in [2.05, 4.69) is 25.9 Å². The quantitative estimate of drug-likeness (QED) is 0.805. The summed E-state index contributed by atoms with van der Waals surface area (Å²) in [6.45, 7) is 0. The van der Waals surface area contributed by atoms with Crippen LogP contribution in [0.2, 0.25) is 0 Å². The highest BCUT2D eigenvalue weighted by molar-refractivity contribution is 9.10. The molecule has 0 fully saturated rings. The van der Waals surface area contributed by atoms with Crippen molar-refractivity contribution in [2.45, 2.75) is 0 Å². The van der Waals surface area contributed by atoms with E-state index in [9.17, 15) is 4.79 Å². The molecule has 0 saturated carbocycles. The maximum atomic E-state index is 12.1. The standard InChI is InChI=1S/C11H9BrN2O4/c1-16-8-5-13-9(11(14-8)17-2)10(15)6-3-4-7(12)18-6/h3-5H,1-2H3. The van der Waals surface area contributed by atoms with Crippen molar-refractivity contribution in [2.24, 2.45) is 0 Å². The number of methoxy groups -OCH3 is 2. The number of hydrogen-bond acceptors (Lipinski definition) is 6. The SMILES string of the molecule is COc1cnc(C(=O)c2ccc(Br)o2)c(OC)n1. The van der Waals surface area contributed by atoms with Gasteiger partial charge in [0.25, 0.3) is 5.78 Å². The highest BCUT2D eigenvalue weighted by atomic mass is 79.9. The highest BCUT2D eigenvalue weighted by Gasteiger charge is 2.21. The second-order valence-electron chi connectivity index (χ2n) is 3.20. The monoisotopic (exact) mass is 312 g/mol. The Balaban J connectivity index is 2.41. The lowest BCUT2D eigenvalue weighted by molar-refractivity contribution is 0.0999. The summed E-state index contributed by atoms with van der Waals surface area (Å²) in [7, 11) is 2.85. The Hall–Kier alpha value is -1.89. The second kappa shape index (κ2) is 5.18. The van der Waals surface area contributed by atoms with E-state index in [0.29, 0.717) is 4.67 Å². The summed E-state index contributed by atoms with van der Waals surface area (Å²) in [5, 5.41) is 0. The van der Waals surface area contributed by atoms with E-state index in [1.54, 1.807) is 6.07 Å². The molecule has 0 aromatic carbocycles. The minimum absolute atomic E-state index is 0.0696. The van der Waals surface area contributed by atoms with Crippen LogP contribution in [0.5, 0.6) is 11.8 Å². The van der Waals surface area contributed by atoms with Crippen LogP contribution in [0, 0.1) is 0 Å². The summed E-state index contributed by atoms with van der Waals surface area (Å²) in [6, 6.07) is 3.16. The second-order valence-corrected chi connectivity index (χ2v) is 3.98. The molecule has 0 amide bonds. The van der Waals surface area contributed by atoms with Gasteiger partial charge in [-0.2, -0.15) is 4.98 Å². The number of carbonyl (C=O) groups is 1. The molecule has 0 spiro atoms. The number of furan rings is 1. The average molecular weight is 313 g/mol. The van der Waals surface area contributed by atoms with Crippen molar-refractivity contribution in [1.29, 1.82) is 0 Å². The normalized spacial score (nSPS) is 10.2. The van der Waals surface area contributed by atoms with Crippen molar-refractivity contribution in [2.75, 3.05) is 14.2 Å². The lowest BCUT2D eigenvalue weighted by atomic mass is 10.2. The van der Waals surface area contributed by atoms with E-state index in [1.807, 2.05) is 0 Å². The fourth-order valence-electron chi connectivity index (χ4n) is 1.31. The molecule has 94 valence electrons. The first kappa shape index (κ1) is 12.6. The molecule has 0 aliphatic rings. The third kappa shape index (κ3) is 2.35. The maximum absolute atomic E-state index is 12.1. The molecule has 0 N–H and O–H groups in total. The molecule has 0 aliphatic heterocycles. The van der Waals surface area contributed by atoms with Gasteiger partial charge in [0.15, 0.2) is 16.1 Å². The molecule has 2 rings (SSSR count). The van der Waals surface area contributed by atoms with Crippen LogP contribution in [-0.2, 0) is 0 Å². The van der Waals surface area contributed by atoms with Gasteiger partial charge in [0, 0.05) is 0 Å². The van der Waals surface area contributed by atoms with Gasteiger partial charge in [-0.25, -0.2) is 4.98 Å². The summed E-state index contributed by atoms with van der Waals surface area (Å²) in [4.78, 5) is 20.1. The van der Waals surface area contributed by atoms with Crippen molar-refractivity contribution in [3.05, 3.63) is 34.5 Å². The molecule has 0 saturated heterocycles. The van der Waals surface area contributed by atoms with Gasteiger partial charge < -0.3 is 13.9 Å². The van der Waals surface area contributed by atoms with Gasteiger partial charge in [-0.1, -0.05) is 0 Å². The molecule has 18 heavy (non-hydrogen) atoms. The van der Waals surface area contributed by atoms with Gasteiger partial charge in [0.2, 0.25) is 11.8 Å². The fraction of sp³-hybridized carbons (Fsp3) is 0.182. The van der Waals surface area contributed by atoms with Crippen molar-refractivity contribution >= 4 is 21.7 Å². The Labute approximate surface area is 111 Å². The zero-order valence-electron chi connectivity index (χ0n) is 9.64. The molecule has 0 unspecified atom stereocenters. The molecule has 7 heteroatoms. The third-order valence-corrected chi connectivity index (χ3v) is 2.56.